The molecule has 0 aliphatic rings. The van der Waals surface area contributed by atoms with Crippen LogP contribution >= 0.6 is 0 Å². The van der Waals surface area contributed by atoms with Crippen LogP contribution in [0.3, 0.4) is 0 Å². The third-order valence-electron chi connectivity index (χ3n) is 2.78. The van der Waals surface area contributed by atoms with Crippen molar-refractivity contribution in [3.63, 3.8) is 0 Å². The highest BCUT2D eigenvalue weighted by molar-refractivity contribution is 6.05. The van der Waals surface area contributed by atoms with Gasteiger partial charge < -0.3 is 5.32 Å². The molecular weight excluding hydrogens is 262 g/mol. The molecular formula is C15H10F2N2O. The van der Waals surface area contributed by atoms with Gasteiger partial charge in [-0.3, -0.25) is 4.79 Å². The maximum absolute atomic E-state index is 13.2. The number of nitrogens with zero attached hydrogens (tertiary/aromatic N) is 1. The van der Waals surface area contributed by atoms with Crippen LogP contribution in [0.1, 0.15) is 21.5 Å². The van der Waals surface area contributed by atoms with E-state index < -0.39 is 17.5 Å². The molecule has 100 valence electrons. The highest BCUT2D eigenvalue weighted by atomic mass is 19.1. The average Bonchev–Trinajstić information content (AvgIpc) is 2.40. The van der Waals surface area contributed by atoms with E-state index in [1.807, 2.05) is 0 Å². The van der Waals surface area contributed by atoms with E-state index in [1.54, 1.807) is 13.0 Å². The fourth-order valence-corrected chi connectivity index (χ4v) is 1.77. The van der Waals surface area contributed by atoms with Gasteiger partial charge >= 0.3 is 0 Å². The fraction of sp³-hybridized carbons (Fsp3) is 0.0667. The monoisotopic (exact) mass is 272 g/mol. The Morgan fingerprint density at radius 1 is 1.20 bits per heavy atom. The van der Waals surface area contributed by atoms with Gasteiger partial charge in [-0.25, -0.2) is 8.78 Å². The molecule has 2 aromatic rings. The lowest BCUT2D eigenvalue weighted by Gasteiger charge is -2.08. The molecule has 1 amide bonds. The molecule has 2 aromatic carbocycles. The van der Waals surface area contributed by atoms with Gasteiger partial charge in [0.2, 0.25) is 0 Å². The van der Waals surface area contributed by atoms with Crippen molar-refractivity contribution < 1.29 is 13.6 Å². The second kappa shape index (κ2) is 5.49. The number of benzene rings is 2. The Morgan fingerprint density at radius 2 is 1.95 bits per heavy atom. The first-order valence-electron chi connectivity index (χ1n) is 5.78. The predicted octanol–water partition coefficient (Wildman–Crippen LogP) is 3.40. The van der Waals surface area contributed by atoms with Crippen LogP contribution in [-0.2, 0) is 0 Å². The molecule has 0 bridgehead atoms. The summed E-state index contributed by atoms with van der Waals surface area (Å²) < 4.78 is 26.1. The topological polar surface area (TPSA) is 52.9 Å². The first-order valence-corrected chi connectivity index (χ1v) is 5.78. The number of halogens is 2. The average molecular weight is 272 g/mol. The minimum Gasteiger partial charge on any atom is -0.322 e. The molecule has 0 fully saturated rings. The van der Waals surface area contributed by atoms with Crippen LogP contribution in [0.15, 0.2) is 36.4 Å². The number of carbonyl (C=O) groups is 1. The maximum Gasteiger partial charge on any atom is 0.255 e. The van der Waals surface area contributed by atoms with Crippen molar-refractivity contribution in [1.29, 1.82) is 5.26 Å². The van der Waals surface area contributed by atoms with Gasteiger partial charge in [-0.15, -0.1) is 0 Å². The normalized spacial score (nSPS) is 9.90. The molecule has 0 radical (unpaired) electrons. The molecule has 0 aliphatic carbocycles. The minimum absolute atomic E-state index is 0.154. The van der Waals surface area contributed by atoms with E-state index in [4.69, 9.17) is 5.26 Å². The third-order valence-corrected chi connectivity index (χ3v) is 2.78. The molecule has 0 aliphatic heterocycles. The van der Waals surface area contributed by atoms with Crippen LogP contribution in [0, 0.1) is 29.9 Å². The molecule has 0 unspecified atom stereocenters. The number of amides is 1. The Balaban J connectivity index is 2.26. The lowest BCUT2D eigenvalue weighted by molar-refractivity contribution is 0.102. The summed E-state index contributed by atoms with van der Waals surface area (Å²) in [5, 5.41) is 11.3. The highest BCUT2D eigenvalue weighted by Gasteiger charge is 2.11. The zero-order chi connectivity index (χ0) is 14.7. The predicted molar refractivity (Wildman–Crippen MR) is 70.2 cm³/mol. The quantitative estimate of drug-likeness (QED) is 0.911. The lowest BCUT2D eigenvalue weighted by Crippen LogP contribution is -2.13. The van der Waals surface area contributed by atoms with Crippen molar-refractivity contribution in [1.82, 2.24) is 0 Å². The van der Waals surface area contributed by atoms with Crippen LogP contribution in [0.5, 0.6) is 0 Å². The summed E-state index contributed by atoms with van der Waals surface area (Å²) >= 11 is 0. The number of anilines is 1. The zero-order valence-corrected chi connectivity index (χ0v) is 10.6. The molecule has 0 aromatic heterocycles. The second-order valence-corrected chi connectivity index (χ2v) is 4.22. The van der Waals surface area contributed by atoms with E-state index in [1.165, 1.54) is 30.3 Å². The van der Waals surface area contributed by atoms with Gasteiger partial charge in [0, 0.05) is 11.3 Å². The molecule has 20 heavy (non-hydrogen) atoms. The van der Waals surface area contributed by atoms with Crippen LogP contribution in [-0.4, -0.2) is 5.91 Å². The summed E-state index contributed by atoms with van der Waals surface area (Å²) in [4.78, 5) is 12.0. The smallest absolute Gasteiger partial charge is 0.255 e. The SMILES string of the molecule is Cc1cc(F)ccc1C(=O)Nc1ccc(F)c(C#N)c1. The Bertz CT molecular complexity index is 720. The summed E-state index contributed by atoms with van der Waals surface area (Å²) in [5.74, 6) is -1.52. The molecule has 0 spiro atoms. The van der Waals surface area contributed by atoms with Crippen molar-refractivity contribution in [2.24, 2.45) is 0 Å². The number of aryl methyl sites for hydroxylation is 1. The van der Waals surface area contributed by atoms with Crippen LogP contribution in [0.4, 0.5) is 14.5 Å². The first-order chi connectivity index (χ1) is 9.51. The maximum atomic E-state index is 13.2. The highest BCUT2D eigenvalue weighted by Crippen LogP contribution is 2.16. The molecule has 0 saturated heterocycles. The number of nitriles is 1. The summed E-state index contributed by atoms with van der Waals surface area (Å²) in [6.07, 6.45) is 0. The van der Waals surface area contributed by atoms with Gasteiger partial charge in [0.05, 0.1) is 5.56 Å². The number of carbonyl (C=O) groups excluding carboxylic acids is 1. The number of rotatable bonds is 2. The lowest BCUT2D eigenvalue weighted by atomic mass is 10.1. The van der Waals surface area contributed by atoms with E-state index in [0.29, 0.717) is 16.8 Å². The standard InChI is InChI=1S/C15H10F2N2O/c1-9-6-11(16)2-4-13(9)15(20)19-12-3-5-14(17)10(7-12)8-18/h2-7H,1H3,(H,19,20). The molecule has 2 rings (SSSR count). The summed E-state index contributed by atoms with van der Waals surface area (Å²) in [5.41, 5.74) is 0.953. The van der Waals surface area contributed by atoms with Crippen molar-refractivity contribution in [3.05, 3.63) is 64.7 Å². The van der Waals surface area contributed by atoms with Gasteiger partial charge in [0.15, 0.2) is 0 Å². The van der Waals surface area contributed by atoms with E-state index in [0.717, 1.165) is 6.07 Å². The van der Waals surface area contributed by atoms with Crippen LogP contribution in [0.25, 0.3) is 0 Å². The van der Waals surface area contributed by atoms with Gasteiger partial charge in [-0.1, -0.05) is 0 Å². The zero-order valence-electron chi connectivity index (χ0n) is 10.6. The molecule has 1 N–H and O–H groups in total. The Kier molecular flexibility index (Phi) is 3.76. The Labute approximate surface area is 114 Å². The van der Waals surface area contributed by atoms with Crippen LogP contribution < -0.4 is 5.32 Å². The minimum atomic E-state index is -0.650. The van der Waals surface area contributed by atoms with E-state index in [-0.39, 0.29) is 5.56 Å². The molecule has 0 heterocycles. The first kappa shape index (κ1) is 13.7. The van der Waals surface area contributed by atoms with Crippen molar-refractivity contribution in [2.45, 2.75) is 6.92 Å². The van der Waals surface area contributed by atoms with E-state index >= 15 is 0 Å². The van der Waals surface area contributed by atoms with E-state index in [2.05, 4.69) is 5.32 Å². The summed E-state index contributed by atoms with van der Waals surface area (Å²) in [6, 6.07) is 9.20. The van der Waals surface area contributed by atoms with Crippen molar-refractivity contribution in [2.75, 3.05) is 5.32 Å². The van der Waals surface area contributed by atoms with Crippen molar-refractivity contribution >= 4 is 11.6 Å². The number of hydrogen-bond donors (Lipinski definition) is 1. The van der Waals surface area contributed by atoms with Crippen LogP contribution in [0.2, 0.25) is 0 Å². The number of hydrogen-bond acceptors (Lipinski definition) is 2. The molecule has 0 atom stereocenters. The van der Waals surface area contributed by atoms with Gasteiger partial charge in [0.25, 0.3) is 5.91 Å². The van der Waals surface area contributed by atoms with Gasteiger partial charge in [0.1, 0.15) is 17.7 Å². The molecule has 5 heteroatoms. The van der Waals surface area contributed by atoms with Crippen molar-refractivity contribution in [3.8, 4) is 6.07 Å². The molecule has 3 nitrogen and oxygen atoms in total. The largest absolute Gasteiger partial charge is 0.322 e. The van der Waals surface area contributed by atoms with E-state index in [9.17, 15) is 13.6 Å². The summed E-state index contributed by atoms with van der Waals surface area (Å²) in [7, 11) is 0. The second-order valence-electron chi connectivity index (χ2n) is 4.22. The number of nitrogens with one attached hydrogen (secondary N) is 1. The third kappa shape index (κ3) is 2.81. The fourth-order valence-electron chi connectivity index (χ4n) is 1.77. The summed E-state index contributed by atoms with van der Waals surface area (Å²) in [6.45, 7) is 1.61. The molecule has 0 saturated carbocycles. The Morgan fingerprint density at radius 3 is 2.60 bits per heavy atom. The van der Waals surface area contributed by atoms with Gasteiger partial charge in [-0.2, -0.15) is 5.26 Å². The van der Waals surface area contributed by atoms with Gasteiger partial charge in [-0.05, 0) is 48.9 Å². The Hall–Kier alpha value is -2.74.